The summed E-state index contributed by atoms with van der Waals surface area (Å²) >= 11 is 5.42. The lowest BCUT2D eigenvalue weighted by molar-refractivity contribution is -0.388. The molecule has 1 aromatic carbocycles. The normalized spacial score (nSPS) is 13.8. The Hall–Kier alpha value is -1.65. The predicted molar refractivity (Wildman–Crippen MR) is 61.0 cm³/mol. The molecule has 2 nitrogen and oxygen atoms in total. The third-order valence-electron chi connectivity index (χ3n) is 2.55. The number of hydrogen-bond acceptors (Lipinski definition) is 1. The fourth-order valence-corrected chi connectivity index (χ4v) is 1.46. The minimum absolute atomic E-state index is 0.428. The third-order valence-corrected chi connectivity index (χ3v) is 2.88. The van der Waals surface area contributed by atoms with E-state index < -0.39 is 40.6 Å². The molecule has 12 heteroatoms. The number of anilines is 1. The Kier molecular flexibility index (Phi) is 4.86. The van der Waals surface area contributed by atoms with Crippen LogP contribution in [0.1, 0.15) is 0 Å². The van der Waals surface area contributed by atoms with Gasteiger partial charge >= 0.3 is 29.9 Å². The smallest absolute Gasteiger partial charge is 0.319 e. The van der Waals surface area contributed by atoms with Crippen molar-refractivity contribution in [2.75, 3.05) is 5.32 Å². The van der Waals surface area contributed by atoms with E-state index in [2.05, 4.69) is 0 Å². The van der Waals surface area contributed by atoms with E-state index in [1.54, 1.807) is 0 Å². The first-order valence-corrected chi connectivity index (χ1v) is 5.80. The molecule has 0 bridgehead atoms. The molecule has 0 saturated carbocycles. The average molecular weight is 374 g/mol. The maximum Gasteiger partial charge on any atom is 0.460 e. The summed E-state index contributed by atoms with van der Waals surface area (Å²) in [6.45, 7) is 0. The molecule has 0 heterocycles. The topological polar surface area (TPSA) is 29.1 Å². The highest BCUT2D eigenvalue weighted by Crippen LogP contribution is 2.53. The Balaban J connectivity index is 3.19. The van der Waals surface area contributed by atoms with Gasteiger partial charge in [-0.25, -0.2) is 0 Å². The Morgan fingerprint density at radius 1 is 0.870 bits per heavy atom. The first-order valence-electron chi connectivity index (χ1n) is 5.42. The van der Waals surface area contributed by atoms with Gasteiger partial charge in [-0.3, -0.25) is 4.79 Å². The van der Waals surface area contributed by atoms with Crippen molar-refractivity contribution in [3.8, 4) is 0 Å². The quantitative estimate of drug-likeness (QED) is 0.759. The fraction of sp³-hybridized carbons (Fsp3) is 0.364. The zero-order valence-electron chi connectivity index (χ0n) is 10.5. The lowest BCUT2D eigenvalue weighted by Gasteiger charge is -2.32. The van der Waals surface area contributed by atoms with E-state index in [-0.39, 0.29) is 0 Å². The highest BCUT2D eigenvalue weighted by atomic mass is 35.5. The van der Waals surface area contributed by atoms with Crippen LogP contribution in [-0.2, 0) is 4.79 Å². The summed E-state index contributed by atoms with van der Waals surface area (Å²) in [5.74, 6) is -23.6. The maximum atomic E-state index is 13.3. The maximum absolute atomic E-state index is 13.3. The standard InChI is InChI=1S/C11H5ClF9NO/c12-5-3-1-2-4-6(5)22-7(23)8(13,14)9(15,16)10(17,18)11(19,20)21/h1-4H,(H,22,23). The number of halogens is 10. The molecule has 0 radical (unpaired) electrons. The molecule has 0 saturated heterocycles. The van der Waals surface area contributed by atoms with E-state index >= 15 is 0 Å². The van der Waals surface area contributed by atoms with Crippen molar-refractivity contribution in [1.29, 1.82) is 0 Å². The van der Waals surface area contributed by atoms with Crippen LogP contribution in [-0.4, -0.2) is 29.9 Å². The number of amides is 1. The molecule has 23 heavy (non-hydrogen) atoms. The van der Waals surface area contributed by atoms with Crippen LogP contribution in [0, 0.1) is 0 Å². The van der Waals surface area contributed by atoms with Gasteiger partial charge in [-0.05, 0) is 12.1 Å². The van der Waals surface area contributed by atoms with Crippen molar-refractivity contribution >= 4 is 23.2 Å². The highest BCUT2D eigenvalue weighted by Gasteiger charge is 2.83. The average Bonchev–Trinajstić information content (AvgIpc) is 2.39. The van der Waals surface area contributed by atoms with Crippen LogP contribution < -0.4 is 5.32 Å². The van der Waals surface area contributed by atoms with Gasteiger partial charge in [-0.15, -0.1) is 0 Å². The van der Waals surface area contributed by atoms with Crippen LogP contribution in [0.15, 0.2) is 24.3 Å². The lowest BCUT2D eigenvalue weighted by Crippen LogP contribution is -2.64. The van der Waals surface area contributed by atoms with E-state index in [9.17, 15) is 44.3 Å². The SMILES string of the molecule is O=C(Nc1ccccc1Cl)C(F)(F)C(F)(F)C(F)(F)C(F)(F)F. The van der Waals surface area contributed by atoms with Gasteiger partial charge in [-0.1, -0.05) is 23.7 Å². The molecule has 0 aliphatic rings. The predicted octanol–water partition coefficient (Wildman–Crippen LogP) is 4.75. The van der Waals surface area contributed by atoms with Gasteiger partial charge in [0.2, 0.25) is 0 Å². The number of benzene rings is 1. The van der Waals surface area contributed by atoms with Crippen LogP contribution in [0.25, 0.3) is 0 Å². The van der Waals surface area contributed by atoms with Crippen molar-refractivity contribution < 1.29 is 44.3 Å². The number of carbonyl (C=O) groups is 1. The van der Waals surface area contributed by atoms with E-state index in [1.807, 2.05) is 0 Å². The first kappa shape index (κ1) is 19.4. The largest absolute Gasteiger partial charge is 0.460 e. The summed E-state index contributed by atoms with van der Waals surface area (Å²) < 4.78 is 113. The van der Waals surface area contributed by atoms with Crippen molar-refractivity contribution in [2.45, 2.75) is 23.9 Å². The van der Waals surface area contributed by atoms with Crippen molar-refractivity contribution in [2.24, 2.45) is 0 Å². The summed E-state index contributed by atoms with van der Waals surface area (Å²) in [5.41, 5.74) is -0.676. The van der Waals surface area contributed by atoms with Gasteiger partial charge in [0.15, 0.2) is 0 Å². The summed E-state index contributed by atoms with van der Waals surface area (Å²) in [5, 5.41) is 0.650. The van der Waals surface area contributed by atoms with E-state index in [4.69, 9.17) is 11.6 Å². The Labute approximate surface area is 127 Å². The minimum Gasteiger partial charge on any atom is -0.319 e. The molecular formula is C11H5ClF9NO. The number of carbonyl (C=O) groups excluding carboxylic acids is 1. The van der Waals surface area contributed by atoms with Crippen molar-refractivity contribution in [3.05, 3.63) is 29.3 Å². The zero-order chi connectivity index (χ0) is 18.3. The van der Waals surface area contributed by atoms with Crippen LogP contribution >= 0.6 is 11.6 Å². The van der Waals surface area contributed by atoms with Crippen LogP contribution in [0.4, 0.5) is 45.2 Å². The van der Waals surface area contributed by atoms with Gasteiger partial charge < -0.3 is 5.32 Å². The second-order valence-electron chi connectivity index (χ2n) is 4.15. The molecule has 1 aromatic rings. The monoisotopic (exact) mass is 373 g/mol. The molecule has 1 amide bonds. The molecule has 1 rings (SSSR count). The van der Waals surface area contributed by atoms with Crippen LogP contribution in [0.2, 0.25) is 5.02 Å². The molecule has 0 fully saturated rings. The van der Waals surface area contributed by atoms with Gasteiger partial charge in [0.1, 0.15) is 0 Å². The summed E-state index contributed by atoms with van der Waals surface area (Å²) in [6, 6.07) is 4.23. The van der Waals surface area contributed by atoms with Crippen LogP contribution in [0.5, 0.6) is 0 Å². The van der Waals surface area contributed by atoms with Crippen molar-refractivity contribution in [1.82, 2.24) is 0 Å². The van der Waals surface area contributed by atoms with E-state index in [1.165, 1.54) is 6.07 Å². The number of alkyl halides is 9. The first-order chi connectivity index (χ1) is 10.2. The molecular weight excluding hydrogens is 369 g/mol. The lowest BCUT2D eigenvalue weighted by atomic mass is 10.0. The van der Waals surface area contributed by atoms with E-state index in [0.29, 0.717) is 0 Å². The second kappa shape index (κ2) is 5.77. The van der Waals surface area contributed by atoms with Gasteiger partial charge in [-0.2, -0.15) is 39.5 Å². The van der Waals surface area contributed by atoms with Crippen LogP contribution in [0.3, 0.4) is 0 Å². The highest BCUT2D eigenvalue weighted by molar-refractivity contribution is 6.33. The number of nitrogens with one attached hydrogen (secondary N) is 1. The number of rotatable bonds is 4. The Bertz CT molecular complexity index is 599. The molecule has 0 aromatic heterocycles. The molecule has 1 N–H and O–H groups in total. The summed E-state index contributed by atoms with van der Waals surface area (Å²) in [7, 11) is 0. The van der Waals surface area contributed by atoms with Gasteiger partial charge in [0, 0.05) is 0 Å². The molecule has 0 spiro atoms. The molecule has 0 atom stereocenters. The molecule has 0 aliphatic carbocycles. The third kappa shape index (κ3) is 3.19. The summed E-state index contributed by atoms with van der Waals surface area (Å²) in [4.78, 5) is 11.1. The Morgan fingerprint density at radius 3 is 1.78 bits per heavy atom. The number of para-hydroxylation sites is 1. The Morgan fingerprint density at radius 2 is 1.35 bits per heavy atom. The molecule has 130 valence electrons. The van der Waals surface area contributed by atoms with Crippen molar-refractivity contribution in [3.63, 3.8) is 0 Å². The number of hydrogen-bond donors (Lipinski definition) is 1. The second-order valence-corrected chi connectivity index (χ2v) is 4.56. The summed E-state index contributed by atoms with van der Waals surface area (Å²) in [6.07, 6.45) is -7.00. The van der Waals surface area contributed by atoms with Gasteiger partial charge in [0.25, 0.3) is 0 Å². The van der Waals surface area contributed by atoms with Gasteiger partial charge in [0.05, 0.1) is 10.7 Å². The molecule has 0 unspecified atom stereocenters. The molecule has 0 aliphatic heterocycles. The minimum atomic E-state index is -7.14. The van der Waals surface area contributed by atoms with E-state index in [0.717, 1.165) is 23.5 Å². The zero-order valence-corrected chi connectivity index (χ0v) is 11.3. The fourth-order valence-electron chi connectivity index (χ4n) is 1.28.